The molecule has 2 rings (SSSR count). The average molecular weight is 194 g/mol. The van der Waals surface area contributed by atoms with Crippen LogP contribution in [0.3, 0.4) is 0 Å². The Bertz CT molecular complexity index is 412. The Balaban J connectivity index is 2.30. The molecule has 0 heteroatoms. The van der Waals surface area contributed by atoms with E-state index in [0.717, 1.165) is 6.42 Å². The van der Waals surface area contributed by atoms with E-state index in [1.165, 1.54) is 22.3 Å². The van der Waals surface area contributed by atoms with Gasteiger partial charge in [0, 0.05) is 0 Å². The summed E-state index contributed by atoms with van der Waals surface area (Å²) in [5.74, 6) is 0. The Labute approximate surface area is 91.6 Å². The van der Waals surface area contributed by atoms with E-state index in [4.69, 9.17) is 0 Å². The molecule has 0 saturated heterocycles. The molecule has 0 unspecified atom stereocenters. The lowest BCUT2D eigenvalue weighted by Gasteiger charge is -2.07. The SMILES string of the molecule is Cc1ccc[c]c1Cc1[c]cccc1C. The molecule has 2 aromatic carbocycles. The second kappa shape index (κ2) is 4.31. The lowest BCUT2D eigenvalue weighted by molar-refractivity contribution is 1.12. The predicted molar refractivity (Wildman–Crippen MR) is 62.8 cm³/mol. The second-order valence-corrected chi connectivity index (χ2v) is 3.84. The van der Waals surface area contributed by atoms with Crippen molar-refractivity contribution in [2.45, 2.75) is 20.3 Å². The Hall–Kier alpha value is -1.56. The zero-order valence-electron chi connectivity index (χ0n) is 9.17. The Kier molecular flexibility index (Phi) is 2.86. The number of aryl methyl sites for hydroxylation is 2. The molecule has 0 fully saturated rings. The number of rotatable bonds is 2. The average Bonchev–Trinajstić information content (AvgIpc) is 2.24. The highest BCUT2D eigenvalue weighted by atomic mass is 14.1. The van der Waals surface area contributed by atoms with Crippen molar-refractivity contribution < 1.29 is 0 Å². The zero-order valence-corrected chi connectivity index (χ0v) is 9.17. The first-order chi connectivity index (χ1) is 7.27. The highest BCUT2D eigenvalue weighted by Gasteiger charge is 2.01. The number of hydrogen-bond acceptors (Lipinski definition) is 0. The van der Waals surface area contributed by atoms with Crippen LogP contribution in [0.1, 0.15) is 22.3 Å². The molecule has 0 N–H and O–H groups in total. The topological polar surface area (TPSA) is 0 Å². The first-order valence-electron chi connectivity index (χ1n) is 5.20. The summed E-state index contributed by atoms with van der Waals surface area (Å²) in [5, 5.41) is 0. The molecule has 0 nitrogen and oxygen atoms in total. The largest absolute Gasteiger partial charge is 0.0614 e. The van der Waals surface area contributed by atoms with Crippen molar-refractivity contribution in [1.29, 1.82) is 0 Å². The summed E-state index contributed by atoms with van der Waals surface area (Å²) in [7, 11) is 0. The smallest absolute Gasteiger partial charge is 0.000820 e. The molecule has 15 heavy (non-hydrogen) atoms. The minimum absolute atomic E-state index is 0.930. The van der Waals surface area contributed by atoms with Crippen molar-refractivity contribution in [3.05, 3.63) is 70.8 Å². The van der Waals surface area contributed by atoms with Gasteiger partial charge in [0.1, 0.15) is 0 Å². The molecule has 0 aliphatic carbocycles. The molecule has 0 aliphatic rings. The van der Waals surface area contributed by atoms with Crippen molar-refractivity contribution in [2.24, 2.45) is 0 Å². The minimum atomic E-state index is 0.930. The molecular formula is C15H14. The van der Waals surface area contributed by atoms with Crippen LogP contribution in [0, 0.1) is 26.0 Å². The third-order valence-corrected chi connectivity index (χ3v) is 2.71. The van der Waals surface area contributed by atoms with Crippen LogP contribution in [0.5, 0.6) is 0 Å². The predicted octanol–water partition coefficient (Wildman–Crippen LogP) is 3.49. The maximum absolute atomic E-state index is 3.29. The van der Waals surface area contributed by atoms with E-state index < -0.39 is 0 Å². The van der Waals surface area contributed by atoms with Gasteiger partial charge in [-0.05, 0) is 54.7 Å². The first-order valence-corrected chi connectivity index (χ1v) is 5.20. The van der Waals surface area contributed by atoms with Crippen molar-refractivity contribution in [2.75, 3.05) is 0 Å². The van der Waals surface area contributed by atoms with Crippen LogP contribution in [0.2, 0.25) is 0 Å². The summed E-state index contributed by atoms with van der Waals surface area (Å²) < 4.78 is 0. The molecular weight excluding hydrogens is 180 g/mol. The van der Waals surface area contributed by atoms with E-state index >= 15 is 0 Å². The van der Waals surface area contributed by atoms with Gasteiger partial charge in [0.2, 0.25) is 0 Å². The molecule has 0 amide bonds. The summed E-state index contributed by atoms with van der Waals surface area (Å²) >= 11 is 0. The Morgan fingerprint density at radius 1 is 0.867 bits per heavy atom. The van der Waals surface area contributed by atoms with Gasteiger partial charge in [-0.3, -0.25) is 0 Å². The monoisotopic (exact) mass is 194 g/mol. The molecule has 0 aliphatic heterocycles. The molecule has 0 spiro atoms. The van der Waals surface area contributed by atoms with Gasteiger partial charge in [-0.2, -0.15) is 0 Å². The van der Waals surface area contributed by atoms with Gasteiger partial charge in [-0.1, -0.05) is 36.4 Å². The summed E-state index contributed by atoms with van der Waals surface area (Å²) in [4.78, 5) is 0. The van der Waals surface area contributed by atoms with Gasteiger partial charge < -0.3 is 0 Å². The van der Waals surface area contributed by atoms with Crippen LogP contribution in [-0.4, -0.2) is 0 Å². The molecule has 0 heterocycles. The van der Waals surface area contributed by atoms with Crippen LogP contribution in [0.25, 0.3) is 0 Å². The van der Waals surface area contributed by atoms with Crippen molar-refractivity contribution in [1.82, 2.24) is 0 Å². The fourth-order valence-corrected chi connectivity index (χ4v) is 1.67. The van der Waals surface area contributed by atoms with Crippen LogP contribution in [0.4, 0.5) is 0 Å². The van der Waals surface area contributed by atoms with Gasteiger partial charge in [0.25, 0.3) is 0 Å². The quantitative estimate of drug-likeness (QED) is 0.686. The van der Waals surface area contributed by atoms with E-state index in [0.29, 0.717) is 0 Å². The third kappa shape index (κ3) is 2.27. The highest BCUT2D eigenvalue weighted by molar-refractivity contribution is 5.34. The van der Waals surface area contributed by atoms with Crippen LogP contribution in [0.15, 0.2) is 36.4 Å². The van der Waals surface area contributed by atoms with E-state index in [1.54, 1.807) is 0 Å². The molecule has 0 saturated carbocycles. The number of hydrogen-bond donors (Lipinski definition) is 0. The molecule has 0 atom stereocenters. The van der Waals surface area contributed by atoms with Gasteiger partial charge in [0.05, 0.1) is 0 Å². The minimum Gasteiger partial charge on any atom is -0.0614 e. The van der Waals surface area contributed by atoms with E-state index in [-0.39, 0.29) is 0 Å². The first kappa shape index (κ1) is 9.97. The second-order valence-electron chi connectivity index (χ2n) is 3.84. The molecule has 0 aromatic heterocycles. The van der Waals surface area contributed by atoms with Crippen molar-refractivity contribution in [3.63, 3.8) is 0 Å². The standard InChI is InChI=1S/C15H14/c1-12-7-3-5-9-14(12)11-15-10-6-4-8-13(15)2/h3-8H,11H2,1-2H3. The maximum atomic E-state index is 3.29. The third-order valence-electron chi connectivity index (χ3n) is 2.71. The molecule has 2 radical (unpaired) electrons. The van der Waals surface area contributed by atoms with Crippen molar-refractivity contribution >= 4 is 0 Å². The van der Waals surface area contributed by atoms with Crippen molar-refractivity contribution in [3.8, 4) is 0 Å². The lowest BCUT2D eigenvalue weighted by atomic mass is 9.98. The molecule has 0 bridgehead atoms. The summed E-state index contributed by atoms with van der Waals surface area (Å²) in [6.07, 6.45) is 0.930. The highest BCUT2D eigenvalue weighted by Crippen LogP contribution is 2.15. The van der Waals surface area contributed by atoms with E-state index in [2.05, 4.69) is 38.1 Å². The van der Waals surface area contributed by atoms with Crippen LogP contribution >= 0.6 is 0 Å². The van der Waals surface area contributed by atoms with Gasteiger partial charge in [0.15, 0.2) is 0 Å². The van der Waals surface area contributed by atoms with E-state index in [9.17, 15) is 0 Å². The maximum Gasteiger partial charge on any atom is -0.000820 e. The lowest BCUT2D eigenvalue weighted by Crippen LogP contribution is -1.94. The Morgan fingerprint density at radius 3 is 1.73 bits per heavy atom. The summed E-state index contributed by atoms with van der Waals surface area (Å²) in [6, 6.07) is 18.8. The van der Waals surface area contributed by atoms with Crippen LogP contribution < -0.4 is 0 Å². The number of benzene rings is 2. The fourth-order valence-electron chi connectivity index (χ4n) is 1.67. The normalized spacial score (nSPS) is 10.3. The van der Waals surface area contributed by atoms with Gasteiger partial charge in [-0.25, -0.2) is 0 Å². The summed E-state index contributed by atoms with van der Waals surface area (Å²) in [6.45, 7) is 4.26. The molecule has 2 aromatic rings. The Morgan fingerprint density at radius 2 is 1.33 bits per heavy atom. The van der Waals surface area contributed by atoms with Crippen LogP contribution in [-0.2, 0) is 6.42 Å². The summed E-state index contributed by atoms with van der Waals surface area (Å²) in [5.41, 5.74) is 5.13. The fraction of sp³-hybridized carbons (Fsp3) is 0.200. The zero-order chi connectivity index (χ0) is 10.7. The van der Waals surface area contributed by atoms with Gasteiger partial charge in [-0.15, -0.1) is 0 Å². The van der Waals surface area contributed by atoms with Gasteiger partial charge >= 0.3 is 0 Å². The van der Waals surface area contributed by atoms with E-state index in [1.807, 2.05) is 24.3 Å². The molecule has 74 valence electrons.